The van der Waals surface area contributed by atoms with E-state index in [0.717, 1.165) is 74.2 Å². The fraction of sp³-hybridized carbons (Fsp3) is 0.353. The smallest absolute Gasteiger partial charge is 0.303 e. The van der Waals surface area contributed by atoms with E-state index < -0.39 is 11.9 Å². The number of allylic oxidation sites excluding steroid dienone is 4. The third-order valence-electron chi connectivity index (χ3n) is 8.69. The van der Waals surface area contributed by atoms with Gasteiger partial charge in [0.05, 0.1) is 22.8 Å². The van der Waals surface area contributed by atoms with Crippen molar-refractivity contribution in [3.05, 3.63) is 69.3 Å². The number of aliphatic carboxylic acids is 2. The van der Waals surface area contributed by atoms with Crippen molar-refractivity contribution >= 4 is 56.3 Å². The molecule has 0 aliphatic carbocycles. The third-order valence-corrected chi connectivity index (χ3v) is 8.69. The molecule has 0 atom stereocenters. The van der Waals surface area contributed by atoms with Crippen LogP contribution in [0.5, 0.6) is 0 Å². The van der Waals surface area contributed by atoms with Gasteiger partial charge in [-0.05, 0) is 122 Å². The molecule has 43 heavy (non-hydrogen) atoms. The standard InChI is InChI=1S/C34H38N4O4.Cu/c1-7-21-17(3)25-13-26-19(5)23(9-11-33(39)40)31(37-26)16-32-24(10-12-34(41)42)20(6)28(38-32)15-30-22(8-2)18(4)27(36-30)14-29(21)35-25;/h13-16,35-36H,7-12H2,1-6H3,(H,39,40)(H,41,42);. The van der Waals surface area contributed by atoms with Crippen molar-refractivity contribution < 1.29 is 36.9 Å². The van der Waals surface area contributed by atoms with Crippen molar-refractivity contribution in [1.29, 1.82) is 0 Å². The molecular formula is C34H38CuN4O4. The van der Waals surface area contributed by atoms with Gasteiger partial charge in [0, 0.05) is 52.0 Å². The van der Waals surface area contributed by atoms with Crippen LogP contribution in [0.4, 0.5) is 0 Å². The first kappa shape index (κ1) is 32.0. The molecule has 5 rings (SSSR count). The average Bonchev–Trinajstić information content (AvgIpc) is 3.59. The van der Waals surface area contributed by atoms with Crippen molar-refractivity contribution in [2.24, 2.45) is 0 Å². The summed E-state index contributed by atoms with van der Waals surface area (Å²) in [6, 6.07) is 8.19. The maximum Gasteiger partial charge on any atom is 0.303 e. The Bertz CT molecular complexity index is 1860. The molecule has 8 bridgehead atoms. The second-order valence-corrected chi connectivity index (χ2v) is 11.2. The van der Waals surface area contributed by atoms with Crippen molar-refractivity contribution in [3.63, 3.8) is 0 Å². The number of aryl methyl sites for hydroxylation is 4. The Morgan fingerprint density at radius 1 is 0.628 bits per heavy atom. The van der Waals surface area contributed by atoms with Gasteiger partial charge < -0.3 is 20.2 Å². The molecule has 4 N–H and O–H groups in total. The summed E-state index contributed by atoms with van der Waals surface area (Å²) in [7, 11) is 0. The predicted octanol–water partition coefficient (Wildman–Crippen LogP) is 7.64. The summed E-state index contributed by atoms with van der Waals surface area (Å²) in [5.41, 5.74) is 15.4. The molecule has 0 amide bonds. The van der Waals surface area contributed by atoms with Crippen molar-refractivity contribution in [1.82, 2.24) is 19.9 Å². The average molecular weight is 630 g/mol. The minimum Gasteiger partial charge on any atom is -0.481 e. The number of carbonyl (C=O) groups is 2. The molecule has 229 valence electrons. The van der Waals surface area contributed by atoms with Crippen molar-refractivity contribution in [2.75, 3.05) is 0 Å². The van der Waals surface area contributed by atoms with Crippen LogP contribution < -0.4 is 0 Å². The minimum atomic E-state index is -0.869. The van der Waals surface area contributed by atoms with E-state index in [1.54, 1.807) is 0 Å². The monoisotopic (exact) mass is 629 g/mol. The van der Waals surface area contributed by atoms with Gasteiger partial charge in [-0.2, -0.15) is 0 Å². The van der Waals surface area contributed by atoms with Gasteiger partial charge in [-0.15, -0.1) is 0 Å². The molecule has 2 aliphatic heterocycles. The quantitative estimate of drug-likeness (QED) is 0.189. The molecule has 3 aromatic rings. The first-order chi connectivity index (χ1) is 20.0. The molecule has 0 spiro atoms. The summed E-state index contributed by atoms with van der Waals surface area (Å²) in [5.74, 6) is -1.74. The summed E-state index contributed by atoms with van der Waals surface area (Å²) < 4.78 is 0. The van der Waals surface area contributed by atoms with Crippen LogP contribution in [0.3, 0.4) is 0 Å². The molecule has 5 heterocycles. The van der Waals surface area contributed by atoms with Crippen LogP contribution in [0.1, 0.15) is 98.4 Å². The first-order valence-electron chi connectivity index (χ1n) is 14.6. The minimum absolute atomic E-state index is 0. The second-order valence-electron chi connectivity index (χ2n) is 11.2. The van der Waals surface area contributed by atoms with E-state index in [1.165, 1.54) is 16.7 Å². The number of aromatic amines is 2. The summed E-state index contributed by atoms with van der Waals surface area (Å²) in [4.78, 5) is 40.3. The van der Waals surface area contributed by atoms with E-state index in [9.17, 15) is 19.8 Å². The molecule has 9 heteroatoms. The van der Waals surface area contributed by atoms with Gasteiger partial charge in [0.2, 0.25) is 0 Å². The van der Waals surface area contributed by atoms with E-state index in [0.29, 0.717) is 24.2 Å². The van der Waals surface area contributed by atoms with E-state index in [1.807, 2.05) is 26.0 Å². The summed E-state index contributed by atoms with van der Waals surface area (Å²) in [5, 5.41) is 18.9. The van der Waals surface area contributed by atoms with Crippen LogP contribution in [0, 0.1) is 13.8 Å². The number of nitrogens with one attached hydrogen (secondary N) is 2. The van der Waals surface area contributed by atoms with Crippen LogP contribution in [0.25, 0.3) is 44.4 Å². The fourth-order valence-electron chi connectivity index (χ4n) is 6.22. The number of nitrogens with zero attached hydrogens (tertiary/aromatic N) is 2. The SMILES string of the molecule is CCc1c(C)c2cc3[nH]c(cc4nc(cc5nc(cc1[nH]2)C(C)=C5CCC(=O)O)C(CCC(=O)O)=C4C)c(C)c3CC.[Cu]. The van der Waals surface area contributed by atoms with Crippen LogP contribution >= 0.6 is 0 Å². The third kappa shape index (κ3) is 6.10. The zero-order valence-electron chi connectivity index (χ0n) is 25.5. The molecule has 0 saturated heterocycles. The van der Waals surface area contributed by atoms with E-state index in [2.05, 4.69) is 49.8 Å². The van der Waals surface area contributed by atoms with Gasteiger partial charge in [0.25, 0.3) is 0 Å². The zero-order chi connectivity index (χ0) is 30.3. The Balaban J connectivity index is 0.00000423. The number of hydrogen-bond donors (Lipinski definition) is 4. The summed E-state index contributed by atoms with van der Waals surface area (Å²) >= 11 is 0. The number of hydrogen-bond acceptors (Lipinski definition) is 4. The van der Waals surface area contributed by atoms with Crippen LogP contribution in [-0.2, 0) is 39.5 Å². The molecule has 0 unspecified atom stereocenters. The number of carboxylic acid groups (broad SMARTS) is 2. The predicted molar refractivity (Wildman–Crippen MR) is 168 cm³/mol. The van der Waals surface area contributed by atoms with Crippen LogP contribution in [-0.4, -0.2) is 42.1 Å². The molecule has 0 saturated carbocycles. The van der Waals surface area contributed by atoms with Crippen LogP contribution in [0.2, 0.25) is 0 Å². The molecule has 2 aliphatic rings. The number of fused-ring (bicyclic) bond motifs is 8. The van der Waals surface area contributed by atoms with Gasteiger partial charge in [0.1, 0.15) is 0 Å². The van der Waals surface area contributed by atoms with Gasteiger partial charge in [-0.3, -0.25) is 9.59 Å². The Hall–Kier alpha value is -3.94. The Morgan fingerprint density at radius 2 is 1.02 bits per heavy atom. The molecule has 3 aromatic heterocycles. The largest absolute Gasteiger partial charge is 0.481 e. The molecular weight excluding hydrogens is 592 g/mol. The first-order valence-corrected chi connectivity index (χ1v) is 14.6. The maximum atomic E-state index is 11.5. The number of carboxylic acids is 2. The van der Waals surface area contributed by atoms with Gasteiger partial charge in [0.15, 0.2) is 0 Å². The van der Waals surface area contributed by atoms with Crippen molar-refractivity contribution in [3.8, 4) is 0 Å². The maximum absolute atomic E-state index is 11.5. The zero-order valence-corrected chi connectivity index (χ0v) is 26.4. The summed E-state index contributed by atoms with van der Waals surface area (Å²) in [6.45, 7) is 12.5. The Morgan fingerprint density at radius 3 is 1.44 bits per heavy atom. The Kier molecular flexibility index (Phi) is 9.47. The van der Waals surface area contributed by atoms with Crippen LogP contribution in [0.15, 0.2) is 24.3 Å². The molecule has 1 radical (unpaired) electrons. The van der Waals surface area contributed by atoms with E-state index in [4.69, 9.17) is 9.97 Å². The molecule has 8 nitrogen and oxygen atoms in total. The van der Waals surface area contributed by atoms with E-state index in [-0.39, 0.29) is 29.9 Å². The fourth-order valence-corrected chi connectivity index (χ4v) is 6.22. The normalized spacial score (nSPS) is 13.0. The van der Waals surface area contributed by atoms with Gasteiger partial charge in [-0.25, -0.2) is 9.97 Å². The Labute approximate surface area is 261 Å². The number of H-pyrrole nitrogens is 2. The second kappa shape index (κ2) is 12.7. The molecule has 0 fully saturated rings. The summed E-state index contributed by atoms with van der Waals surface area (Å²) in [6.07, 6.45) is 2.37. The van der Waals surface area contributed by atoms with Gasteiger partial charge >= 0.3 is 11.9 Å². The van der Waals surface area contributed by atoms with Crippen molar-refractivity contribution in [2.45, 2.75) is 80.1 Å². The molecule has 0 aromatic carbocycles. The number of aromatic nitrogens is 4. The number of rotatable bonds is 8. The topological polar surface area (TPSA) is 132 Å². The van der Waals surface area contributed by atoms with E-state index >= 15 is 0 Å². The van der Waals surface area contributed by atoms with Gasteiger partial charge in [-0.1, -0.05) is 13.8 Å².